The molecule has 1 aromatic carbocycles. The number of anilines is 1. The minimum Gasteiger partial charge on any atom is -0.465 e. The Morgan fingerprint density at radius 2 is 1.93 bits per heavy atom. The Hall–Kier alpha value is -2.20. The van der Waals surface area contributed by atoms with Crippen molar-refractivity contribution < 1.29 is 17.9 Å². The number of aromatic nitrogens is 1. The van der Waals surface area contributed by atoms with Gasteiger partial charge in [0.1, 0.15) is 9.77 Å². The van der Waals surface area contributed by atoms with Gasteiger partial charge in [0.25, 0.3) is 0 Å². The van der Waals surface area contributed by atoms with E-state index in [4.69, 9.17) is 16.3 Å². The lowest BCUT2D eigenvalue weighted by atomic mass is 10.1. The maximum absolute atomic E-state index is 13.1. The third-order valence-corrected chi connectivity index (χ3v) is 8.08. The molecular weight excluding hydrogens is 434 g/mol. The van der Waals surface area contributed by atoms with E-state index in [9.17, 15) is 13.2 Å². The van der Waals surface area contributed by atoms with Gasteiger partial charge in [0.2, 0.25) is 10.0 Å². The molecule has 4 rings (SSSR count). The van der Waals surface area contributed by atoms with Crippen molar-refractivity contribution in [2.24, 2.45) is 0 Å². The summed E-state index contributed by atoms with van der Waals surface area (Å²) < 4.78 is 32.3. The van der Waals surface area contributed by atoms with Gasteiger partial charge in [-0.15, -0.1) is 11.3 Å². The van der Waals surface area contributed by atoms with E-state index in [2.05, 4.69) is 9.88 Å². The standard InChI is InChI=1S/C19H18ClN3O4S2/c1-27-19(24)18-17(5-11-28-18)29(25,26)23-9-7-22(8-10-23)16-4-6-21-15-12-13(20)2-3-14(15)16/h2-6,11-12H,7-10H2,1H3. The SMILES string of the molecule is COC(=O)c1sccc1S(=O)(=O)N1CCN(c2ccnc3cc(Cl)ccc23)CC1. The Morgan fingerprint density at radius 1 is 1.17 bits per heavy atom. The summed E-state index contributed by atoms with van der Waals surface area (Å²) in [5.41, 5.74) is 1.79. The Bertz CT molecular complexity index is 1170. The second-order valence-electron chi connectivity index (χ2n) is 6.49. The van der Waals surface area contributed by atoms with Crippen molar-refractivity contribution in [3.05, 3.63) is 51.8 Å². The van der Waals surface area contributed by atoms with Gasteiger partial charge in [-0.3, -0.25) is 4.98 Å². The lowest BCUT2D eigenvalue weighted by Gasteiger charge is -2.35. The van der Waals surface area contributed by atoms with Crippen LogP contribution in [0, 0.1) is 0 Å². The molecule has 2 aromatic heterocycles. The van der Waals surface area contributed by atoms with Crippen molar-refractivity contribution in [2.45, 2.75) is 4.90 Å². The van der Waals surface area contributed by atoms with Crippen LogP contribution in [0.1, 0.15) is 9.67 Å². The number of carbonyl (C=O) groups is 1. The van der Waals surface area contributed by atoms with Crippen LogP contribution in [0.5, 0.6) is 0 Å². The number of piperazine rings is 1. The summed E-state index contributed by atoms with van der Waals surface area (Å²) in [6.45, 7) is 1.68. The van der Waals surface area contributed by atoms with Gasteiger partial charge in [0.05, 0.1) is 12.6 Å². The van der Waals surface area contributed by atoms with Crippen LogP contribution in [-0.4, -0.2) is 57.0 Å². The van der Waals surface area contributed by atoms with Gasteiger partial charge in [-0.2, -0.15) is 4.31 Å². The van der Waals surface area contributed by atoms with Gasteiger partial charge in [0.15, 0.2) is 0 Å². The minimum atomic E-state index is -3.77. The number of methoxy groups -OCH3 is 1. The number of halogens is 1. The second kappa shape index (κ2) is 7.91. The number of rotatable bonds is 4. The second-order valence-corrected chi connectivity index (χ2v) is 9.75. The summed E-state index contributed by atoms with van der Waals surface area (Å²) in [6, 6.07) is 8.94. The zero-order chi connectivity index (χ0) is 20.6. The molecule has 0 saturated carbocycles. The van der Waals surface area contributed by atoms with Crippen molar-refractivity contribution in [3.8, 4) is 0 Å². The highest BCUT2D eigenvalue weighted by molar-refractivity contribution is 7.89. The monoisotopic (exact) mass is 451 g/mol. The van der Waals surface area contributed by atoms with E-state index < -0.39 is 16.0 Å². The number of benzene rings is 1. The number of hydrogen-bond acceptors (Lipinski definition) is 7. The Kier molecular flexibility index (Phi) is 5.48. The van der Waals surface area contributed by atoms with Gasteiger partial charge in [-0.25, -0.2) is 13.2 Å². The fourth-order valence-electron chi connectivity index (χ4n) is 3.43. The van der Waals surface area contributed by atoms with Gasteiger partial charge in [0, 0.05) is 48.5 Å². The van der Waals surface area contributed by atoms with Gasteiger partial charge >= 0.3 is 5.97 Å². The molecule has 0 aliphatic carbocycles. The molecule has 1 saturated heterocycles. The Labute approximate surface area is 177 Å². The van der Waals surface area contributed by atoms with Crippen molar-refractivity contribution in [2.75, 3.05) is 38.2 Å². The van der Waals surface area contributed by atoms with E-state index in [1.807, 2.05) is 24.3 Å². The largest absolute Gasteiger partial charge is 0.465 e. The molecule has 10 heteroatoms. The molecule has 1 aliphatic rings. The molecule has 1 fully saturated rings. The predicted molar refractivity (Wildman–Crippen MR) is 113 cm³/mol. The van der Waals surface area contributed by atoms with E-state index >= 15 is 0 Å². The molecule has 152 valence electrons. The third-order valence-electron chi connectivity index (χ3n) is 4.88. The summed E-state index contributed by atoms with van der Waals surface area (Å²) in [5.74, 6) is -0.640. The Morgan fingerprint density at radius 3 is 2.66 bits per heavy atom. The first-order chi connectivity index (χ1) is 13.9. The van der Waals surface area contributed by atoms with Gasteiger partial charge in [-0.1, -0.05) is 11.6 Å². The molecule has 0 N–H and O–H groups in total. The summed E-state index contributed by atoms with van der Waals surface area (Å²) >= 11 is 7.13. The highest BCUT2D eigenvalue weighted by Crippen LogP contribution is 2.30. The maximum Gasteiger partial charge on any atom is 0.349 e. The highest BCUT2D eigenvalue weighted by atomic mass is 35.5. The zero-order valence-electron chi connectivity index (χ0n) is 15.5. The van der Waals surface area contributed by atoms with Crippen LogP contribution in [0.15, 0.2) is 46.8 Å². The van der Waals surface area contributed by atoms with Crippen molar-refractivity contribution >= 4 is 55.5 Å². The topological polar surface area (TPSA) is 79.8 Å². The molecule has 0 amide bonds. The van der Waals surface area contributed by atoms with Crippen LogP contribution in [0.3, 0.4) is 0 Å². The summed E-state index contributed by atoms with van der Waals surface area (Å²) in [5, 5.41) is 3.18. The number of fused-ring (bicyclic) bond motifs is 1. The van der Waals surface area contributed by atoms with Gasteiger partial charge in [-0.05, 0) is 35.7 Å². The van der Waals surface area contributed by atoms with Crippen molar-refractivity contribution in [1.29, 1.82) is 0 Å². The first-order valence-electron chi connectivity index (χ1n) is 8.87. The molecule has 0 atom stereocenters. The molecule has 3 aromatic rings. The molecule has 0 bridgehead atoms. The zero-order valence-corrected chi connectivity index (χ0v) is 17.9. The lowest BCUT2D eigenvalue weighted by Crippen LogP contribution is -2.48. The number of ether oxygens (including phenoxy) is 1. The summed E-state index contributed by atoms with van der Waals surface area (Å²) in [6.07, 6.45) is 1.73. The van der Waals surface area contributed by atoms with Crippen LogP contribution in [0.25, 0.3) is 10.9 Å². The Balaban J connectivity index is 1.56. The van der Waals surface area contributed by atoms with E-state index in [1.54, 1.807) is 11.6 Å². The third kappa shape index (κ3) is 3.71. The molecule has 0 radical (unpaired) electrons. The van der Waals surface area contributed by atoms with Gasteiger partial charge < -0.3 is 9.64 Å². The molecular formula is C19H18ClN3O4S2. The average Bonchev–Trinajstić information content (AvgIpc) is 3.23. The van der Waals surface area contributed by atoms with E-state index in [0.29, 0.717) is 31.2 Å². The summed E-state index contributed by atoms with van der Waals surface area (Å²) in [7, 11) is -2.53. The molecule has 1 aliphatic heterocycles. The molecule has 0 spiro atoms. The number of sulfonamides is 1. The predicted octanol–water partition coefficient (Wildman–Crippen LogP) is 3.25. The molecule has 0 unspecified atom stereocenters. The highest BCUT2D eigenvalue weighted by Gasteiger charge is 2.33. The number of thiophene rings is 1. The van der Waals surface area contributed by atoms with Crippen LogP contribution in [0.2, 0.25) is 5.02 Å². The van der Waals surface area contributed by atoms with Crippen LogP contribution < -0.4 is 4.90 Å². The number of carbonyl (C=O) groups excluding carboxylic acids is 1. The van der Waals surface area contributed by atoms with Crippen molar-refractivity contribution in [1.82, 2.24) is 9.29 Å². The molecule has 7 nitrogen and oxygen atoms in total. The maximum atomic E-state index is 13.1. The number of pyridine rings is 1. The fourth-order valence-corrected chi connectivity index (χ4v) is 6.33. The van der Waals surface area contributed by atoms with Crippen LogP contribution in [0.4, 0.5) is 5.69 Å². The first kappa shape index (κ1) is 20.1. The number of hydrogen-bond donors (Lipinski definition) is 0. The van der Waals surface area contributed by atoms with Crippen LogP contribution >= 0.6 is 22.9 Å². The van der Waals surface area contributed by atoms with Crippen molar-refractivity contribution in [3.63, 3.8) is 0 Å². The minimum absolute atomic E-state index is 0.00630. The average molecular weight is 452 g/mol. The van der Waals surface area contributed by atoms with Crippen LogP contribution in [-0.2, 0) is 14.8 Å². The molecule has 29 heavy (non-hydrogen) atoms. The normalized spacial score (nSPS) is 15.6. The smallest absolute Gasteiger partial charge is 0.349 e. The van der Waals surface area contributed by atoms with E-state index in [-0.39, 0.29) is 9.77 Å². The lowest BCUT2D eigenvalue weighted by molar-refractivity contribution is 0.0602. The first-order valence-corrected chi connectivity index (χ1v) is 11.6. The van der Waals surface area contributed by atoms with E-state index in [1.165, 1.54) is 17.5 Å². The summed E-state index contributed by atoms with van der Waals surface area (Å²) in [4.78, 5) is 18.5. The quantitative estimate of drug-likeness (QED) is 0.566. The number of esters is 1. The fraction of sp³-hybridized carbons (Fsp3) is 0.263. The molecule has 3 heterocycles. The number of nitrogens with zero attached hydrogens (tertiary/aromatic N) is 3. The van der Waals surface area contributed by atoms with E-state index in [0.717, 1.165) is 27.9 Å².